The first-order valence-corrected chi connectivity index (χ1v) is 7.79. The van der Waals surface area contributed by atoms with Gasteiger partial charge in [0, 0.05) is 17.8 Å². The van der Waals surface area contributed by atoms with Gasteiger partial charge in [0.1, 0.15) is 23.1 Å². The van der Waals surface area contributed by atoms with Gasteiger partial charge in [0.25, 0.3) is 0 Å². The van der Waals surface area contributed by atoms with Gasteiger partial charge in [-0.05, 0) is 31.2 Å². The number of hydrogen-bond donors (Lipinski definition) is 2. The average molecular weight is 340 g/mol. The summed E-state index contributed by atoms with van der Waals surface area (Å²) < 4.78 is 15.9. The average Bonchev–Trinajstić information content (AvgIpc) is 3.13. The minimum atomic E-state index is 0.477. The number of benzene rings is 1. The molecule has 0 unspecified atom stereocenters. The van der Waals surface area contributed by atoms with Crippen LogP contribution in [0.3, 0.4) is 0 Å². The number of anilines is 3. The minimum absolute atomic E-state index is 0.477. The van der Waals surface area contributed by atoms with Crippen molar-refractivity contribution in [1.82, 2.24) is 9.97 Å². The van der Waals surface area contributed by atoms with Crippen LogP contribution >= 0.6 is 0 Å². The van der Waals surface area contributed by atoms with Crippen molar-refractivity contribution in [3.63, 3.8) is 0 Å². The second kappa shape index (κ2) is 7.57. The Labute approximate surface area is 146 Å². The minimum Gasteiger partial charge on any atom is -0.497 e. The molecule has 0 radical (unpaired) electrons. The Morgan fingerprint density at radius 1 is 1.08 bits per heavy atom. The molecule has 2 N–H and O–H groups in total. The van der Waals surface area contributed by atoms with Gasteiger partial charge in [-0.3, -0.25) is 0 Å². The van der Waals surface area contributed by atoms with Crippen molar-refractivity contribution in [2.75, 3.05) is 24.9 Å². The Balaban J connectivity index is 1.78. The third-order valence-electron chi connectivity index (χ3n) is 3.53. The maximum Gasteiger partial charge on any atom is 0.229 e. The molecule has 25 heavy (non-hydrogen) atoms. The van der Waals surface area contributed by atoms with Gasteiger partial charge in [-0.25, -0.2) is 4.98 Å². The van der Waals surface area contributed by atoms with Crippen molar-refractivity contribution in [2.24, 2.45) is 0 Å². The summed E-state index contributed by atoms with van der Waals surface area (Å²) in [5, 5.41) is 6.41. The number of hydrogen-bond acceptors (Lipinski definition) is 7. The molecule has 2 aromatic heterocycles. The molecule has 1 aromatic carbocycles. The molecule has 0 atom stereocenters. The predicted octanol–water partition coefficient (Wildman–Crippen LogP) is 3.75. The number of nitrogens with zero attached hydrogens (tertiary/aromatic N) is 2. The lowest BCUT2D eigenvalue weighted by Crippen LogP contribution is -2.05. The number of methoxy groups -OCH3 is 2. The largest absolute Gasteiger partial charge is 0.497 e. The van der Waals surface area contributed by atoms with E-state index in [0.717, 1.165) is 17.1 Å². The van der Waals surface area contributed by atoms with E-state index >= 15 is 0 Å². The van der Waals surface area contributed by atoms with E-state index < -0.39 is 0 Å². The van der Waals surface area contributed by atoms with E-state index in [9.17, 15) is 0 Å². The number of nitrogens with one attached hydrogen (secondary N) is 2. The lowest BCUT2D eigenvalue weighted by Gasteiger charge is -2.13. The van der Waals surface area contributed by atoms with Crippen LogP contribution in [-0.4, -0.2) is 24.2 Å². The van der Waals surface area contributed by atoms with Gasteiger partial charge in [0.2, 0.25) is 5.95 Å². The first kappa shape index (κ1) is 16.6. The summed E-state index contributed by atoms with van der Waals surface area (Å²) in [7, 11) is 3.22. The summed E-state index contributed by atoms with van der Waals surface area (Å²) in [5.74, 6) is 3.38. The van der Waals surface area contributed by atoms with E-state index in [4.69, 9.17) is 13.9 Å². The zero-order chi connectivity index (χ0) is 17.6. The Morgan fingerprint density at radius 3 is 2.68 bits per heavy atom. The van der Waals surface area contributed by atoms with E-state index in [2.05, 4.69) is 20.6 Å². The molecule has 0 amide bonds. The highest BCUT2D eigenvalue weighted by Crippen LogP contribution is 2.30. The molecule has 7 nitrogen and oxygen atoms in total. The molecule has 0 bridgehead atoms. The van der Waals surface area contributed by atoms with Crippen LogP contribution in [0.5, 0.6) is 11.5 Å². The molecule has 7 heteroatoms. The van der Waals surface area contributed by atoms with Crippen molar-refractivity contribution < 1.29 is 13.9 Å². The Hall–Kier alpha value is -3.22. The van der Waals surface area contributed by atoms with Gasteiger partial charge in [-0.1, -0.05) is 0 Å². The number of ether oxygens (including phenoxy) is 2. The molecule has 0 aliphatic rings. The van der Waals surface area contributed by atoms with Crippen LogP contribution in [0.15, 0.2) is 47.1 Å². The van der Waals surface area contributed by atoms with Crippen LogP contribution in [-0.2, 0) is 6.54 Å². The predicted molar refractivity (Wildman–Crippen MR) is 95.6 cm³/mol. The number of furan rings is 1. The SMILES string of the molecule is COc1ccc(Nc2nc(C)cc(NCc3ccco3)n2)c(OC)c1. The maximum absolute atomic E-state index is 5.39. The Bertz CT molecular complexity index is 834. The molecule has 130 valence electrons. The topological polar surface area (TPSA) is 81.4 Å². The lowest BCUT2D eigenvalue weighted by atomic mass is 10.2. The monoisotopic (exact) mass is 340 g/mol. The quantitative estimate of drug-likeness (QED) is 0.678. The third-order valence-corrected chi connectivity index (χ3v) is 3.53. The second-order valence-corrected chi connectivity index (χ2v) is 5.34. The standard InChI is InChI=1S/C18H20N4O3/c1-12-9-17(19-11-14-5-4-8-25-14)22-18(20-12)21-15-7-6-13(23-2)10-16(15)24-3/h4-10H,11H2,1-3H3,(H2,19,20,21,22). The van der Waals surface area contributed by atoms with Gasteiger partial charge < -0.3 is 24.5 Å². The maximum atomic E-state index is 5.39. The van der Waals surface area contributed by atoms with Crippen LogP contribution in [0.2, 0.25) is 0 Å². The number of aryl methyl sites for hydroxylation is 1. The van der Waals surface area contributed by atoms with E-state index in [-0.39, 0.29) is 0 Å². The normalized spacial score (nSPS) is 10.4. The van der Waals surface area contributed by atoms with Gasteiger partial charge in [0.05, 0.1) is 32.7 Å². The molecule has 0 spiro atoms. The molecule has 3 aromatic rings. The molecule has 2 heterocycles. The summed E-state index contributed by atoms with van der Waals surface area (Å²) in [6.07, 6.45) is 1.64. The van der Waals surface area contributed by atoms with E-state index in [1.54, 1.807) is 26.5 Å². The van der Waals surface area contributed by atoms with Crippen molar-refractivity contribution in [3.8, 4) is 11.5 Å². The Kier molecular flexibility index (Phi) is 5.03. The summed E-state index contributed by atoms with van der Waals surface area (Å²) >= 11 is 0. The first-order valence-electron chi connectivity index (χ1n) is 7.79. The fourth-order valence-electron chi connectivity index (χ4n) is 2.33. The zero-order valence-electron chi connectivity index (χ0n) is 14.4. The van der Waals surface area contributed by atoms with Crippen LogP contribution in [0.25, 0.3) is 0 Å². The summed E-state index contributed by atoms with van der Waals surface area (Å²) in [5.41, 5.74) is 1.60. The first-order chi connectivity index (χ1) is 12.2. The molecular formula is C18H20N4O3. The molecule has 0 saturated heterocycles. The zero-order valence-corrected chi connectivity index (χ0v) is 14.4. The van der Waals surface area contributed by atoms with E-state index in [0.29, 0.717) is 29.8 Å². The second-order valence-electron chi connectivity index (χ2n) is 5.34. The highest BCUT2D eigenvalue weighted by molar-refractivity contribution is 5.65. The summed E-state index contributed by atoms with van der Waals surface area (Å²) in [6.45, 7) is 2.46. The molecule has 0 aliphatic heterocycles. The van der Waals surface area contributed by atoms with Crippen molar-refractivity contribution in [3.05, 3.63) is 54.1 Å². The summed E-state index contributed by atoms with van der Waals surface area (Å²) in [4.78, 5) is 8.90. The fraction of sp³-hybridized carbons (Fsp3) is 0.222. The molecule has 0 fully saturated rings. The van der Waals surface area contributed by atoms with Crippen LogP contribution < -0.4 is 20.1 Å². The molecule has 0 aliphatic carbocycles. The van der Waals surface area contributed by atoms with Gasteiger partial charge in [-0.15, -0.1) is 0 Å². The van der Waals surface area contributed by atoms with E-state index in [1.807, 2.05) is 37.3 Å². The molecular weight excluding hydrogens is 320 g/mol. The van der Waals surface area contributed by atoms with Crippen LogP contribution in [0.4, 0.5) is 17.5 Å². The van der Waals surface area contributed by atoms with Gasteiger partial charge in [0.15, 0.2) is 0 Å². The van der Waals surface area contributed by atoms with Crippen molar-refractivity contribution >= 4 is 17.5 Å². The number of aromatic nitrogens is 2. The van der Waals surface area contributed by atoms with Gasteiger partial charge >= 0.3 is 0 Å². The smallest absolute Gasteiger partial charge is 0.229 e. The van der Waals surface area contributed by atoms with Gasteiger partial charge in [-0.2, -0.15) is 4.98 Å². The highest BCUT2D eigenvalue weighted by atomic mass is 16.5. The lowest BCUT2D eigenvalue weighted by molar-refractivity contribution is 0.395. The van der Waals surface area contributed by atoms with Crippen molar-refractivity contribution in [1.29, 1.82) is 0 Å². The van der Waals surface area contributed by atoms with Crippen LogP contribution in [0.1, 0.15) is 11.5 Å². The highest BCUT2D eigenvalue weighted by Gasteiger charge is 2.09. The van der Waals surface area contributed by atoms with Crippen molar-refractivity contribution in [2.45, 2.75) is 13.5 Å². The summed E-state index contributed by atoms with van der Waals surface area (Å²) in [6, 6.07) is 11.1. The fourth-order valence-corrected chi connectivity index (χ4v) is 2.33. The molecule has 0 saturated carbocycles. The van der Waals surface area contributed by atoms with Crippen LogP contribution in [0, 0.1) is 6.92 Å². The molecule has 3 rings (SSSR count). The number of rotatable bonds is 7. The Morgan fingerprint density at radius 2 is 1.96 bits per heavy atom. The van der Waals surface area contributed by atoms with E-state index in [1.165, 1.54) is 0 Å². The third kappa shape index (κ3) is 4.20.